The van der Waals surface area contributed by atoms with E-state index in [2.05, 4.69) is 0 Å². The van der Waals surface area contributed by atoms with Gasteiger partial charge in [0.25, 0.3) is 0 Å². The lowest BCUT2D eigenvalue weighted by atomic mass is 10.1. The third-order valence-corrected chi connectivity index (χ3v) is 3.02. The van der Waals surface area contributed by atoms with Crippen LogP contribution in [0, 0.1) is 0 Å². The first-order valence-corrected chi connectivity index (χ1v) is 7.21. The van der Waals surface area contributed by atoms with E-state index in [1.54, 1.807) is 0 Å². The maximum absolute atomic E-state index is 10.1. The molecule has 1 unspecified atom stereocenters. The molecule has 0 radical (unpaired) electrons. The molecule has 2 aromatic rings. The number of hydrogen-bond acceptors (Lipinski definition) is 3. The van der Waals surface area contributed by atoms with Gasteiger partial charge in [0.15, 0.2) is 0 Å². The van der Waals surface area contributed by atoms with Crippen molar-refractivity contribution in [1.82, 2.24) is 0 Å². The molecule has 0 aliphatic carbocycles. The van der Waals surface area contributed by atoms with E-state index in [0.717, 1.165) is 16.9 Å². The van der Waals surface area contributed by atoms with Crippen LogP contribution in [0.3, 0.4) is 0 Å². The Hall–Kier alpha value is -1.84. The summed E-state index contributed by atoms with van der Waals surface area (Å²) in [6.07, 6.45) is -0.475. The molecule has 0 saturated heterocycles. The van der Waals surface area contributed by atoms with Crippen molar-refractivity contribution in [3.8, 4) is 5.75 Å². The number of aliphatic hydroxyl groups is 1. The fraction of sp³-hybridized carbons (Fsp3) is 0.333. The van der Waals surface area contributed by atoms with Crippen molar-refractivity contribution in [2.45, 2.75) is 32.7 Å². The average molecular weight is 286 g/mol. The molecule has 0 aromatic heterocycles. The summed E-state index contributed by atoms with van der Waals surface area (Å²) in [5, 5.41) is 10.1. The van der Waals surface area contributed by atoms with E-state index in [4.69, 9.17) is 9.47 Å². The highest BCUT2D eigenvalue weighted by molar-refractivity contribution is 5.28. The van der Waals surface area contributed by atoms with Crippen LogP contribution in [0.1, 0.15) is 31.1 Å². The molecule has 0 fully saturated rings. The molecule has 2 rings (SSSR count). The Morgan fingerprint density at radius 2 is 1.62 bits per heavy atom. The predicted octanol–water partition coefficient (Wildman–Crippen LogP) is 3.72. The lowest BCUT2D eigenvalue weighted by Gasteiger charge is -2.14. The summed E-state index contributed by atoms with van der Waals surface area (Å²) in [5.41, 5.74) is 1.93. The van der Waals surface area contributed by atoms with Crippen molar-refractivity contribution < 1.29 is 14.6 Å². The van der Waals surface area contributed by atoms with Gasteiger partial charge in [0.1, 0.15) is 11.9 Å². The standard InChI is InChI=1S/C18H22O3/c1-14(2)21-17-10-8-16(9-11-17)18(19)13-20-12-15-6-4-3-5-7-15/h3-11,14,18-19H,12-13H2,1-2H3. The first-order valence-electron chi connectivity index (χ1n) is 7.21. The normalized spacial score (nSPS) is 12.4. The number of rotatable bonds is 7. The molecule has 0 aliphatic rings. The largest absolute Gasteiger partial charge is 0.491 e. The van der Waals surface area contributed by atoms with Gasteiger partial charge in [-0.3, -0.25) is 0 Å². The van der Waals surface area contributed by atoms with E-state index >= 15 is 0 Å². The van der Waals surface area contributed by atoms with Gasteiger partial charge in [0.2, 0.25) is 0 Å². The molecule has 0 heterocycles. The second-order valence-corrected chi connectivity index (χ2v) is 5.25. The highest BCUT2D eigenvalue weighted by Crippen LogP contribution is 2.19. The second-order valence-electron chi connectivity index (χ2n) is 5.25. The quantitative estimate of drug-likeness (QED) is 0.843. The molecule has 3 heteroatoms. The molecular weight excluding hydrogens is 264 g/mol. The number of benzene rings is 2. The van der Waals surface area contributed by atoms with E-state index in [0.29, 0.717) is 6.61 Å². The van der Waals surface area contributed by atoms with Crippen molar-refractivity contribution in [2.24, 2.45) is 0 Å². The molecule has 1 N–H and O–H groups in total. The maximum atomic E-state index is 10.1. The molecule has 3 nitrogen and oxygen atoms in total. The van der Waals surface area contributed by atoms with Crippen LogP contribution in [0.15, 0.2) is 54.6 Å². The number of aliphatic hydroxyl groups excluding tert-OH is 1. The highest BCUT2D eigenvalue weighted by Gasteiger charge is 2.08. The Morgan fingerprint density at radius 1 is 0.952 bits per heavy atom. The van der Waals surface area contributed by atoms with Gasteiger partial charge in [-0.15, -0.1) is 0 Å². The molecule has 112 valence electrons. The van der Waals surface area contributed by atoms with Crippen LogP contribution >= 0.6 is 0 Å². The maximum Gasteiger partial charge on any atom is 0.119 e. The SMILES string of the molecule is CC(C)Oc1ccc(C(O)COCc2ccccc2)cc1. The van der Waals surface area contributed by atoms with Crippen LogP contribution in [0.2, 0.25) is 0 Å². The van der Waals surface area contributed by atoms with E-state index in [-0.39, 0.29) is 12.7 Å². The summed E-state index contributed by atoms with van der Waals surface area (Å²) in [5.74, 6) is 0.811. The fourth-order valence-electron chi connectivity index (χ4n) is 2.00. The molecule has 0 bridgehead atoms. The van der Waals surface area contributed by atoms with Gasteiger partial charge in [0.05, 0.1) is 19.3 Å². The topological polar surface area (TPSA) is 38.7 Å². The van der Waals surface area contributed by atoms with Gasteiger partial charge in [-0.05, 0) is 37.1 Å². The zero-order valence-corrected chi connectivity index (χ0v) is 12.5. The van der Waals surface area contributed by atoms with Crippen molar-refractivity contribution in [2.75, 3.05) is 6.61 Å². The van der Waals surface area contributed by atoms with Crippen molar-refractivity contribution >= 4 is 0 Å². The van der Waals surface area contributed by atoms with Gasteiger partial charge >= 0.3 is 0 Å². The van der Waals surface area contributed by atoms with E-state index in [1.807, 2.05) is 68.4 Å². The summed E-state index contributed by atoms with van der Waals surface area (Å²) in [6.45, 7) is 4.76. The van der Waals surface area contributed by atoms with Gasteiger partial charge < -0.3 is 14.6 Å². The molecule has 2 aromatic carbocycles. The monoisotopic (exact) mass is 286 g/mol. The minimum absolute atomic E-state index is 0.148. The Bertz CT molecular complexity index is 520. The van der Waals surface area contributed by atoms with E-state index < -0.39 is 6.10 Å². The summed E-state index contributed by atoms with van der Waals surface area (Å²) >= 11 is 0. The zero-order valence-electron chi connectivity index (χ0n) is 12.5. The molecule has 0 amide bonds. The minimum atomic E-state index is -0.623. The molecule has 0 spiro atoms. The molecule has 21 heavy (non-hydrogen) atoms. The van der Waals surface area contributed by atoms with Crippen LogP contribution in [0.25, 0.3) is 0 Å². The zero-order chi connectivity index (χ0) is 15.1. The lowest BCUT2D eigenvalue weighted by Crippen LogP contribution is -2.08. The second kappa shape index (κ2) is 7.81. The first kappa shape index (κ1) is 15.5. The third-order valence-electron chi connectivity index (χ3n) is 3.02. The summed E-state index contributed by atoms with van der Waals surface area (Å²) < 4.78 is 11.1. The Kier molecular flexibility index (Phi) is 5.78. The fourth-order valence-corrected chi connectivity index (χ4v) is 2.00. The van der Waals surface area contributed by atoms with Gasteiger partial charge in [-0.25, -0.2) is 0 Å². The minimum Gasteiger partial charge on any atom is -0.491 e. The molecule has 0 saturated carbocycles. The Labute approximate surface area is 126 Å². The molecular formula is C18H22O3. The summed E-state index contributed by atoms with van der Waals surface area (Å²) in [6, 6.07) is 17.4. The van der Waals surface area contributed by atoms with Gasteiger partial charge in [-0.1, -0.05) is 42.5 Å². The van der Waals surface area contributed by atoms with Gasteiger partial charge in [0, 0.05) is 0 Å². The van der Waals surface area contributed by atoms with Crippen LogP contribution in [-0.2, 0) is 11.3 Å². The first-order chi connectivity index (χ1) is 10.1. The Balaban J connectivity index is 1.81. The number of hydrogen-bond donors (Lipinski definition) is 1. The highest BCUT2D eigenvalue weighted by atomic mass is 16.5. The molecule has 1 atom stereocenters. The predicted molar refractivity (Wildman–Crippen MR) is 83.3 cm³/mol. The number of ether oxygens (including phenoxy) is 2. The smallest absolute Gasteiger partial charge is 0.119 e. The van der Waals surface area contributed by atoms with Gasteiger partial charge in [-0.2, -0.15) is 0 Å². The summed E-state index contributed by atoms with van der Waals surface area (Å²) in [4.78, 5) is 0. The van der Waals surface area contributed by atoms with E-state index in [9.17, 15) is 5.11 Å². The molecule has 0 aliphatic heterocycles. The van der Waals surface area contributed by atoms with Crippen molar-refractivity contribution in [3.05, 3.63) is 65.7 Å². The van der Waals surface area contributed by atoms with Crippen LogP contribution in [0.4, 0.5) is 0 Å². The Morgan fingerprint density at radius 3 is 2.24 bits per heavy atom. The van der Waals surface area contributed by atoms with Crippen molar-refractivity contribution in [3.63, 3.8) is 0 Å². The average Bonchev–Trinajstić information content (AvgIpc) is 2.48. The van der Waals surface area contributed by atoms with E-state index in [1.165, 1.54) is 0 Å². The van der Waals surface area contributed by atoms with Crippen molar-refractivity contribution in [1.29, 1.82) is 0 Å². The van der Waals surface area contributed by atoms with Crippen LogP contribution in [-0.4, -0.2) is 17.8 Å². The summed E-state index contributed by atoms with van der Waals surface area (Å²) in [7, 11) is 0. The third kappa shape index (κ3) is 5.21. The van der Waals surface area contributed by atoms with Crippen LogP contribution in [0.5, 0.6) is 5.75 Å². The lowest BCUT2D eigenvalue weighted by molar-refractivity contribution is 0.0277. The van der Waals surface area contributed by atoms with Crippen LogP contribution < -0.4 is 4.74 Å².